The molecule has 0 saturated heterocycles. The monoisotopic (exact) mass is 298 g/mol. The molecule has 0 aliphatic rings. The number of aliphatic hydroxyl groups is 1. The Kier molecular flexibility index (Phi) is 8.00. The first-order valence-corrected chi connectivity index (χ1v) is 6.62. The standard InChI is InChI=1S/C14H19FN2O4/c15-12-4-1-3-11(9-12)14(20)17-10-13(19)16-5-2-7-21-8-6-18/h1,3-4,9,18H,2,5-8,10H2,(H,16,19)(H,17,20). The Morgan fingerprint density at radius 3 is 2.76 bits per heavy atom. The van der Waals surface area contributed by atoms with Gasteiger partial charge in [0.1, 0.15) is 5.82 Å². The van der Waals surface area contributed by atoms with E-state index >= 15 is 0 Å². The predicted molar refractivity (Wildman–Crippen MR) is 74.3 cm³/mol. The molecule has 1 aromatic carbocycles. The van der Waals surface area contributed by atoms with Crippen LogP contribution in [0.4, 0.5) is 4.39 Å². The second-order valence-electron chi connectivity index (χ2n) is 4.23. The van der Waals surface area contributed by atoms with E-state index in [-0.39, 0.29) is 31.2 Å². The van der Waals surface area contributed by atoms with Gasteiger partial charge in [-0.25, -0.2) is 4.39 Å². The van der Waals surface area contributed by atoms with E-state index in [1.54, 1.807) is 0 Å². The van der Waals surface area contributed by atoms with Gasteiger partial charge in [-0.05, 0) is 24.6 Å². The second-order valence-corrected chi connectivity index (χ2v) is 4.23. The topological polar surface area (TPSA) is 87.7 Å². The molecule has 0 atom stereocenters. The number of benzene rings is 1. The van der Waals surface area contributed by atoms with Crippen molar-refractivity contribution in [1.29, 1.82) is 0 Å². The van der Waals surface area contributed by atoms with Crippen LogP contribution < -0.4 is 10.6 Å². The Balaban J connectivity index is 2.16. The zero-order valence-electron chi connectivity index (χ0n) is 11.6. The lowest BCUT2D eigenvalue weighted by Gasteiger charge is -2.07. The van der Waals surface area contributed by atoms with Crippen molar-refractivity contribution in [2.75, 3.05) is 32.9 Å². The molecule has 3 N–H and O–H groups in total. The maximum atomic E-state index is 12.9. The van der Waals surface area contributed by atoms with Gasteiger partial charge in [-0.1, -0.05) is 6.07 Å². The molecule has 1 rings (SSSR count). The molecule has 0 heterocycles. The molecule has 0 aliphatic heterocycles. The molecule has 6 nitrogen and oxygen atoms in total. The summed E-state index contributed by atoms with van der Waals surface area (Å²) >= 11 is 0. The normalized spacial score (nSPS) is 10.2. The lowest BCUT2D eigenvalue weighted by Crippen LogP contribution is -2.37. The van der Waals surface area contributed by atoms with Crippen LogP contribution in [-0.2, 0) is 9.53 Å². The van der Waals surface area contributed by atoms with Crippen molar-refractivity contribution in [3.63, 3.8) is 0 Å². The van der Waals surface area contributed by atoms with Crippen molar-refractivity contribution in [3.8, 4) is 0 Å². The summed E-state index contributed by atoms with van der Waals surface area (Å²) in [5, 5.41) is 13.5. The summed E-state index contributed by atoms with van der Waals surface area (Å²) in [4.78, 5) is 23.1. The maximum Gasteiger partial charge on any atom is 0.251 e. The molecule has 0 radical (unpaired) electrons. The summed E-state index contributed by atoms with van der Waals surface area (Å²) in [6.45, 7) is 0.930. The molecule has 0 aromatic heterocycles. The van der Waals surface area contributed by atoms with E-state index in [4.69, 9.17) is 9.84 Å². The molecule has 1 aromatic rings. The Hall–Kier alpha value is -1.99. The van der Waals surface area contributed by atoms with E-state index in [1.165, 1.54) is 18.2 Å². The second kappa shape index (κ2) is 9.84. The van der Waals surface area contributed by atoms with Crippen molar-refractivity contribution in [2.45, 2.75) is 6.42 Å². The van der Waals surface area contributed by atoms with Gasteiger partial charge >= 0.3 is 0 Å². The molecule has 21 heavy (non-hydrogen) atoms. The molecule has 2 amide bonds. The van der Waals surface area contributed by atoms with E-state index in [1.807, 2.05) is 0 Å². The Labute approximate surface area is 122 Å². The first-order valence-electron chi connectivity index (χ1n) is 6.62. The Bertz CT molecular complexity index is 468. The first kappa shape index (κ1) is 17.1. The van der Waals surface area contributed by atoms with Crippen LogP contribution in [0.2, 0.25) is 0 Å². The SMILES string of the molecule is O=C(CNC(=O)c1cccc(F)c1)NCCCOCCO. The third kappa shape index (κ3) is 7.38. The van der Waals surface area contributed by atoms with Gasteiger partial charge < -0.3 is 20.5 Å². The van der Waals surface area contributed by atoms with E-state index in [0.717, 1.165) is 6.07 Å². The first-order chi connectivity index (χ1) is 10.1. The van der Waals surface area contributed by atoms with Crippen LogP contribution in [0.1, 0.15) is 16.8 Å². The van der Waals surface area contributed by atoms with E-state index < -0.39 is 11.7 Å². The molecule has 7 heteroatoms. The number of aliphatic hydroxyl groups excluding tert-OH is 1. The number of hydrogen-bond donors (Lipinski definition) is 3. The fraction of sp³-hybridized carbons (Fsp3) is 0.429. The molecular weight excluding hydrogens is 279 g/mol. The van der Waals surface area contributed by atoms with Crippen molar-refractivity contribution in [2.24, 2.45) is 0 Å². The lowest BCUT2D eigenvalue weighted by atomic mass is 10.2. The third-order valence-corrected chi connectivity index (χ3v) is 2.52. The average molecular weight is 298 g/mol. The van der Waals surface area contributed by atoms with Crippen LogP contribution in [-0.4, -0.2) is 49.8 Å². The summed E-state index contributed by atoms with van der Waals surface area (Å²) in [6.07, 6.45) is 0.615. The van der Waals surface area contributed by atoms with Gasteiger partial charge in [-0.15, -0.1) is 0 Å². The quantitative estimate of drug-likeness (QED) is 0.563. The third-order valence-electron chi connectivity index (χ3n) is 2.52. The summed E-state index contributed by atoms with van der Waals surface area (Å²) in [7, 11) is 0. The predicted octanol–water partition coefficient (Wildman–Crippen LogP) is 0.0707. The van der Waals surface area contributed by atoms with E-state index in [2.05, 4.69) is 10.6 Å². The van der Waals surface area contributed by atoms with Gasteiger partial charge in [0, 0.05) is 18.7 Å². The summed E-state index contributed by atoms with van der Waals surface area (Å²) in [5.41, 5.74) is 0.167. The number of halogens is 1. The van der Waals surface area contributed by atoms with E-state index in [0.29, 0.717) is 19.6 Å². The molecule has 0 unspecified atom stereocenters. The fourth-order valence-corrected chi connectivity index (χ4v) is 1.52. The number of hydrogen-bond acceptors (Lipinski definition) is 4. The minimum Gasteiger partial charge on any atom is -0.394 e. The highest BCUT2D eigenvalue weighted by atomic mass is 19.1. The van der Waals surface area contributed by atoms with Gasteiger partial charge in [0.15, 0.2) is 0 Å². The maximum absolute atomic E-state index is 12.9. The average Bonchev–Trinajstić information content (AvgIpc) is 2.48. The van der Waals surface area contributed by atoms with Crippen LogP contribution in [0.5, 0.6) is 0 Å². The zero-order valence-corrected chi connectivity index (χ0v) is 11.6. The van der Waals surface area contributed by atoms with Crippen molar-refractivity contribution in [3.05, 3.63) is 35.6 Å². The number of ether oxygens (including phenoxy) is 1. The number of carbonyl (C=O) groups is 2. The van der Waals surface area contributed by atoms with Gasteiger partial charge in [0.05, 0.1) is 19.8 Å². The van der Waals surface area contributed by atoms with Crippen LogP contribution >= 0.6 is 0 Å². The Morgan fingerprint density at radius 2 is 2.05 bits per heavy atom. The van der Waals surface area contributed by atoms with E-state index in [9.17, 15) is 14.0 Å². The molecule has 0 saturated carbocycles. The highest BCUT2D eigenvalue weighted by molar-refractivity contribution is 5.96. The number of nitrogens with one attached hydrogen (secondary N) is 2. The van der Waals surface area contributed by atoms with Crippen LogP contribution in [0.15, 0.2) is 24.3 Å². The minimum absolute atomic E-state index is 0.0293. The summed E-state index contributed by atoms with van der Waals surface area (Å²) < 4.78 is 18.0. The van der Waals surface area contributed by atoms with Gasteiger partial charge in [0.25, 0.3) is 5.91 Å². The van der Waals surface area contributed by atoms with Crippen LogP contribution in [0, 0.1) is 5.82 Å². The fourth-order valence-electron chi connectivity index (χ4n) is 1.52. The van der Waals surface area contributed by atoms with Gasteiger partial charge in [-0.2, -0.15) is 0 Å². The molecule has 0 fully saturated rings. The van der Waals surface area contributed by atoms with Crippen molar-refractivity contribution < 1.29 is 23.8 Å². The largest absolute Gasteiger partial charge is 0.394 e. The highest BCUT2D eigenvalue weighted by Crippen LogP contribution is 2.02. The number of rotatable bonds is 9. The van der Waals surface area contributed by atoms with Gasteiger partial charge in [-0.3, -0.25) is 9.59 Å². The Morgan fingerprint density at radius 1 is 1.24 bits per heavy atom. The number of amides is 2. The zero-order chi connectivity index (χ0) is 15.5. The lowest BCUT2D eigenvalue weighted by molar-refractivity contribution is -0.120. The van der Waals surface area contributed by atoms with Crippen LogP contribution in [0.3, 0.4) is 0 Å². The molecule has 0 spiro atoms. The minimum atomic E-state index is -0.505. The van der Waals surface area contributed by atoms with Crippen molar-refractivity contribution in [1.82, 2.24) is 10.6 Å². The molecule has 116 valence electrons. The van der Waals surface area contributed by atoms with Gasteiger partial charge in [0.2, 0.25) is 5.91 Å². The molecular formula is C14H19FN2O4. The highest BCUT2D eigenvalue weighted by Gasteiger charge is 2.08. The summed E-state index contributed by atoms with van der Waals surface area (Å²) in [5.74, 6) is -1.34. The molecule has 0 aliphatic carbocycles. The summed E-state index contributed by atoms with van der Waals surface area (Å²) in [6, 6.07) is 5.24. The van der Waals surface area contributed by atoms with Crippen molar-refractivity contribution >= 4 is 11.8 Å². The van der Waals surface area contributed by atoms with Crippen LogP contribution in [0.25, 0.3) is 0 Å². The molecule has 0 bridgehead atoms. The smallest absolute Gasteiger partial charge is 0.251 e. The number of carbonyl (C=O) groups excluding carboxylic acids is 2.